The second kappa shape index (κ2) is 10.5. The van der Waals surface area contributed by atoms with Crippen LogP contribution in [0.25, 0.3) is 6.08 Å². The number of nitrogens with two attached hydrogens (primary N) is 1. The molecule has 0 aliphatic rings. The summed E-state index contributed by atoms with van der Waals surface area (Å²) < 4.78 is 17.4. The number of benzene rings is 1. The van der Waals surface area contributed by atoms with E-state index >= 15 is 0 Å². The number of nitrogen functional groups attached to an aromatic ring is 1. The Morgan fingerprint density at radius 3 is 2.44 bits per heavy atom. The van der Waals surface area contributed by atoms with Crippen LogP contribution in [0.4, 0.5) is 5.82 Å². The number of nitrogens with zero attached hydrogens (tertiary/aromatic N) is 2. The molecule has 0 saturated heterocycles. The van der Waals surface area contributed by atoms with Crippen LogP contribution in [-0.2, 0) is 23.1 Å². The zero-order chi connectivity index (χ0) is 24.0. The first-order chi connectivity index (χ1) is 15.1. The van der Waals surface area contributed by atoms with Gasteiger partial charge in [0.05, 0.1) is 14.2 Å². The zero-order valence-electron chi connectivity index (χ0n) is 18.7. The van der Waals surface area contributed by atoms with Gasteiger partial charge < -0.3 is 19.9 Å². The lowest BCUT2D eigenvalue weighted by atomic mass is 10.1. The first kappa shape index (κ1) is 24.4. The van der Waals surface area contributed by atoms with Crippen molar-refractivity contribution < 1.29 is 23.8 Å². The number of aromatic nitrogens is 2. The summed E-state index contributed by atoms with van der Waals surface area (Å²) in [7, 11) is 4.22. The number of para-hydroxylation sites is 1. The van der Waals surface area contributed by atoms with Crippen molar-refractivity contribution in [3.8, 4) is 11.5 Å². The molecule has 0 aliphatic heterocycles. The van der Waals surface area contributed by atoms with E-state index in [2.05, 4.69) is 0 Å². The standard InChI is InChI=1S/C22H27N3O7/c1-13(2)11-25-20(23)18(21(28)24(3)22(25)29)15(26)12-32-17(27)10-9-14-7-6-8-16(30-4)19(14)31-5/h6-10,13H,11-12,23H2,1-5H3/b10-9+. The predicted octanol–water partition coefficient (Wildman–Crippen LogP) is 1.24. The lowest BCUT2D eigenvalue weighted by Gasteiger charge is -2.16. The molecule has 0 radical (unpaired) electrons. The molecule has 10 nitrogen and oxygen atoms in total. The highest BCUT2D eigenvalue weighted by Gasteiger charge is 2.22. The summed E-state index contributed by atoms with van der Waals surface area (Å²) >= 11 is 0. The summed E-state index contributed by atoms with van der Waals surface area (Å²) in [5.74, 6) is -0.896. The van der Waals surface area contributed by atoms with Crippen molar-refractivity contribution in [2.24, 2.45) is 13.0 Å². The lowest BCUT2D eigenvalue weighted by molar-refractivity contribution is -0.136. The molecule has 1 heterocycles. The summed E-state index contributed by atoms with van der Waals surface area (Å²) in [6, 6.07) is 5.13. The van der Waals surface area contributed by atoms with Crippen LogP contribution in [0.5, 0.6) is 11.5 Å². The number of ketones is 1. The number of carbonyl (C=O) groups excluding carboxylic acids is 2. The maximum absolute atomic E-state index is 12.6. The van der Waals surface area contributed by atoms with Gasteiger partial charge in [0, 0.05) is 25.2 Å². The van der Waals surface area contributed by atoms with Crippen LogP contribution in [-0.4, -0.2) is 41.7 Å². The molecule has 0 aliphatic carbocycles. The Balaban J connectivity index is 2.21. The van der Waals surface area contributed by atoms with Gasteiger partial charge in [0.15, 0.2) is 18.1 Å². The highest BCUT2D eigenvalue weighted by Crippen LogP contribution is 2.31. The Morgan fingerprint density at radius 1 is 1.16 bits per heavy atom. The first-order valence-electron chi connectivity index (χ1n) is 9.80. The minimum Gasteiger partial charge on any atom is -0.493 e. The molecule has 2 N–H and O–H groups in total. The van der Waals surface area contributed by atoms with Crippen LogP contribution < -0.4 is 26.5 Å². The van der Waals surface area contributed by atoms with E-state index in [1.54, 1.807) is 18.2 Å². The minimum atomic E-state index is -0.842. The number of rotatable bonds is 9. The van der Waals surface area contributed by atoms with E-state index in [4.69, 9.17) is 19.9 Å². The average Bonchev–Trinajstić information content (AvgIpc) is 2.77. The van der Waals surface area contributed by atoms with Crippen LogP contribution in [0, 0.1) is 5.92 Å². The fraction of sp³-hybridized carbons (Fsp3) is 0.364. The van der Waals surface area contributed by atoms with Crippen molar-refractivity contribution in [1.82, 2.24) is 9.13 Å². The first-order valence-corrected chi connectivity index (χ1v) is 9.80. The summed E-state index contributed by atoms with van der Waals surface area (Å²) in [5, 5.41) is 0. The molecule has 1 aromatic carbocycles. The Kier molecular flexibility index (Phi) is 8.00. The van der Waals surface area contributed by atoms with E-state index in [0.29, 0.717) is 17.1 Å². The number of ether oxygens (including phenoxy) is 3. The molecule has 2 rings (SSSR count). The van der Waals surface area contributed by atoms with E-state index in [0.717, 1.165) is 15.2 Å². The zero-order valence-corrected chi connectivity index (χ0v) is 18.7. The summed E-state index contributed by atoms with van der Waals surface area (Å²) in [4.78, 5) is 49.5. The normalized spacial score (nSPS) is 11.1. The summed E-state index contributed by atoms with van der Waals surface area (Å²) in [6.07, 6.45) is 2.57. The average molecular weight is 445 g/mol. The molecule has 0 atom stereocenters. The van der Waals surface area contributed by atoms with Crippen molar-refractivity contribution in [2.75, 3.05) is 26.6 Å². The third-order valence-electron chi connectivity index (χ3n) is 4.59. The Labute approximate surface area is 184 Å². The molecular formula is C22H27N3O7. The van der Waals surface area contributed by atoms with Crippen molar-refractivity contribution in [2.45, 2.75) is 20.4 Å². The molecule has 0 saturated carbocycles. The van der Waals surface area contributed by atoms with Gasteiger partial charge in [-0.25, -0.2) is 9.59 Å². The van der Waals surface area contributed by atoms with E-state index in [-0.39, 0.29) is 23.8 Å². The van der Waals surface area contributed by atoms with Gasteiger partial charge in [-0.05, 0) is 18.1 Å². The number of hydrogen-bond acceptors (Lipinski definition) is 8. The fourth-order valence-electron chi connectivity index (χ4n) is 3.04. The van der Waals surface area contributed by atoms with Gasteiger partial charge in [0.1, 0.15) is 11.4 Å². The molecule has 0 unspecified atom stereocenters. The van der Waals surface area contributed by atoms with Gasteiger partial charge in [0.25, 0.3) is 5.56 Å². The van der Waals surface area contributed by atoms with Gasteiger partial charge in [-0.15, -0.1) is 0 Å². The molecule has 10 heteroatoms. The van der Waals surface area contributed by atoms with Crippen molar-refractivity contribution in [3.63, 3.8) is 0 Å². The smallest absolute Gasteiger partial charge is 0.332 e. The molecule has 2 aromatic rings. The Hall–Kier alpha value is -3.82. The van der Waals surface area contributed by atoms with E-state index < -0.39 is 29.6 Å². The third kappa shape index (κ3) is 5.26. The lowest BCUT2D eigenvalue weighted by Crippen LogP contribution is -2.43. The predicted molar refractivity (Wildman–Crippen MR) is 119 cm³/mol. The maximum atomic E-state index is 12.6. The Bertz CT molecular complexity index is 1160. The molecule has 32 heavy (non-hydrogen) atoms. The number of Topliss-reactive ketones (excluding diaryl/α,β-unsaturated/α-hetero) is 1. The van der Waals surface area contributed by atoms with E-state index in [1.807, 2.05) is 13.8 Å². The van der Waals surface area contributed by atoms with Gasteiger partial charge in [-0.2, -0.15) is 0 Å². The largest absolute Gasteiger partial charge is 0.493 e. The molecule has 172 valence electrons. The molecular weight excluding hydrogens is 418 g/mol. The summed E-state index contributed by atoms with van der Waals surface area (Å²) in [5.41, 5.74) is 4.66. The van der Waals surface area contributed by atoms with E-state index in [9.17, 15) is 19.2 Å². The number of hydrogen-bond donors (Lipinski definition) is 1. The van der Waals surface area contributed by atoms with Crippen LogP contribution in [0.3, 0.4) is 0 Å². The third-order valence-corrected chi connectivity index (χ3v) is 4.59. The highest BCUT2D eigenvalue weighted by atomic mass is 16.5. The molecule has 1 aromatic heterocycles. The van der Waals surface area contributed by atoms with Gasteiger partial charge in [0.2, 0.25) is 5.78 Å². The van der Waals surface area contributed by atoms with Gasteiger partial charge >= 0.3 is 11.7 Å². The topological polar surface area (TPSA) is 132 Å². The second-order valence-corrected chi connectivity index (χ2v) is 7.36. The highest BCUT2D eigenvalue weighted by molar-refractivity contribution is 6.02. The monoisotopic (exact) mass is 445 g/mol. The quantitative estimate of drug-likeness (QED) is 0.346. The molecule has 0 bridgehead atoms. The van der Waals surface area contributed by atoms with Crippen molar-refractivity contribution >= 4 is 23.6 Å². The SMILES string of the molecule is COc1cccc(/C=C/C(=O)OCC(=O)c2c(N)n(CC(C)C)c(=O)n(C)c2=O)c1OC. The van der Waals surface area contributed by atoms with Crippen LogP contribution in [0.15, 0.2) is 33.9 Å². The number of esters is 1. The van der Waals surface area contributed by atoms with Crippen LogP contribution in [0.1, 0.15) is 29.8 Å². The van der Waals surface area contributed by atoms with Gasteiger partial charge in [-0.1, -0.05) is 26.0 Å². The summed E-state index contributed by atoms with van der Waals surface area (Å²) in [6.45, 7) is 3.25. The Morgan fingerprint density at radius 2 is 1.84 bits per heavy atom. The van der Waals surface area contributed by atoms with Crippen LogP contribution >= 0.6 is 0 Å². The molecule has 0 spiro atoms. The number of anilines is 1. The number of carbonyl (C=O) groups is 2. The minimum absolute atomic E-state index is 0.0482. The maximum Gasteiger partial charge on any atom is 0.332 e. The van der Waals surface area contributed by atoms with Crippen LogP contribution in [0.2, 0.25) is 0 Å². The second-order valence-electron chi connectivity index (χ2n) is 7.36. The number of methoxy groups -OCH3 is 2. The molecule has 0 amide bonds. The van der Waals surface area contributed by atoms with E-state index in [1.165, 1.54) is 27.3 Å². The van der Waals surface area contributed by atoms with Crippen molar-refractivity contribution in [1.29, 1.82) is 0 Å². The van der Waals surface area contributed by atoms with Crippen molar-refractivity contribution in [3.05, 3.63) is 56.2 Å². The fourth-order valence-corrected chi connectivity index (χ4v) is 3.04. The molecule has 0 fully saturated rings. The van der Waals surface area contributed by atoms with Gasteiger partial charge in [-0.3, -0.25) is 18.7 Å².